The Balaban J connectivity index is 1.85. The molecule has 0 aliphatic rings. The first-order valence-corrected chi connectivity index (χ1v) is 13.3. The molecule has 3 heterocycles. The molecule has 5 nitrogen and oxygen atoms in total. The van der Waals surface area contributed by atoms with Crippen LogP contribution in [0.25, 0.3) is 22.8 Å². The van der Waals surface area contributed by atoms with Crippen LogP contribution in [0.5, 0.6) is 0 Å². The first-order valence-electron chi connectivity index (χ1n) is 12.3. The normalized spacial score (nSPS) is 13.3. The van der Waals surface area contributed by atoms with Crippen molar-refractivity contribution in [3.8, 4) is 22.8 Å². The molecular weight excluding hydrogens is 516 g/mol. The molecule has 0 saturated heterocycles. The van der Waals surface area contributed by atoms with Gasteiger partial charge < -0.3 is 20.4 Å². The standard InChI is InChI=1S/C25H29F6N5S/c1-3-5-7-9-16(8-6-4-2)10-11-37-17-12-18(20-14-22(35-33-20)24(26,27)28)32-19(13-17)21-15-23(36-34-21)25(29,30)31/h12-16H,3-11H2,1-2H3/q-2. The van der Waals surface area contributed by atoms with Crippen LogP contribution in [0.1, 0.15) is 76.6 Å². The largest absolute Gasteiger partial charge is 0.573 e. The van der Waals surface area contributed by atoms with Crippen molar-refractivity contribution in [3.63, 3.8) is 0 Å². The summed E-state index contributed by atoms with van der Waals surface area (Å²) in [4.78, 5) is 4.89. The van der Waals surface area contributed by atoms with Crippen LogP contribution in [0.2, 0.25) is 0 Å². The summed E-state index contributed by atoms with van der Waals surface area (Å²) in [5.74, 6) is 1.33. The molecule has 0 amide bonds. The number of unbranched alkanes of at least 4 members (excludes halogenated alkanes) is 3. The summed E-state index contributed by atoms with van der Waals surface area (Å²) in [7, 11) is 0. The van der Waals surface area contributed by atoms with Crippen molar-refractivity contribution in [3.05, 3.63) is 35.7 Å². The number of alkyl halides is 6. The average Bonchev–Trinajstić information content (AvgIpc) is 3.52. The third-order valence-corrected chi connectivity index (χ3v) is 6.97. The van der Waals surface area contributed by atoms with Crippen molar-refractivity contribution in [2.45, 2.75) is 82.5 Å². The van der Waals surface area contributed by atoms with Crippen molar-refractivity contribution >= 4 is 11.8 Å². The maximum absolute atomic E-state index is 13.0. The summed E-state index contributed by atoms with van der Waals surface area (Å²) >= 11 is 1.48. The predicted octanol–water partition coefficient (Wildman–Crippen LogP) is 8.03. The van der Waals surface area contributed by atoms with Crippen molar-refractivity contribution < 1.29 is 26.3 Å². The summed E-state index contributed by atoms with van der Waals surface area (Å²) < 4.78 is 78.3. The Bertz CT molecular complexity index is 1050. The second-order valence-electron chi connectivity index (χ2n) is 8.94. The summed E-state index contributed by atoms with van der Waals surface area (Å²) in [6.07, 6.45) is -0.316. The highest BCUT2D eigenvalue weighted by molar-refractivity contribution is 7.99. The Kier molecular flexibility index (Phi) is 10.1. The van der Waals surface area contributed by atoms with Crippen molar-refractivity contribution in [2.24, 2.45) is 5.92 Å². The van der Waals surface area contributed by atoms with Crippen molar-refractivity contribution in [1.29, 1.82) is 0 Å². The van der Waals surface area contributed by atoms with E-state index in [1.54, 1.807) is 12.1 Å². The van der Waals surface area contributed by atoms with Gasteiger partial charge in [0.25, 0.3) is 0 Å². The highest BCUT2D eigenvalue weighted by Gasteiger charge is 2.32. The quantitative estimate of drug-likeness (QED) is 0.123. The number of hydrogen-bond acceptors (Lipinski definition) is 4. The molecule has 3 aromatic heterocycles. The van der Waals surface area contributed by atoms with Crippen molar-refractivity contribution in [2.75, 3.05) is 5.75 Å². The molecule has 0 bridgehead atoms. The number of halogens is 6. The molecule has 0 fully saturated rings. The Morgan fingerprint density at radius 1 is 0.730 bits per heavy atom. The Morgan fingerprint density at radius 2 is 1.24 bits per heavy atom. The van der Waals surface area contributed by atoms with Crippen LogP contribution in [0, 0.1) is 5.92 Å². The third-order valence-electron chi connectivity index (χ3n) is 5.96. The molecule has 0 aliphatic carbocycles. The highest BCUT2D eigenvalue weighted by atomic mass is 32.2. The minimum atomic E-state index is -4.68. The van der Waals surface area contributed by atoms with E-state index < -0.39 is 23.7 Å². The van der Waals surface area contributed by atoms with E-state index in [9.17, 15) is 26.3 Å². The molecule has 0 saturated carbocycles. The lowest BCUT2D eigenvalue weighted by molar-refractivity contribution is -0.142. The second-order valence-corrected chi connectivity index (χ2v) is 10.1. The molecule has 0 radical (unpaired) electrons. The van der Waals surface area contributed by atoms with Gasteiger partial charge in [-0.25, -0.2) is 0 Å². The fourth-order valence-electron chi connectivity index (χ4n) is 3.92. The van der Waals surface area contributed by atoms with E-state index in [4.69, 9.17) is 0 Å². The molecule has 0 spiro atoms. The summed E-state index contributed by atoms with van der Waals surface area (Å²) in [5.41, 5.74) is -2.42. The number of aromatic nitrogens is 5. The third kappa shape index (κ3) is 8.51. The van der Waals surface area contributed by atoms with E-state index in [0.717, 1.165) is 56.4 Å². The van der Waals surface area contributed by atoms with E-state index in [1.807, 2.05) is 0 Å². The topological polar surface area (TPSA) is 66.9 Å². The van der Waals surface area contributed by atoms with Gasteiger partial charge >= 0.3 is 12.4 Å². The number of hydrogen-bond donors (Lipinski definition) is 0. The number of thioether (sulfide) groups is 1. The molecule has 1 atom stereocenters. The average molecular weight is 546 g/mol. The zero-order valence-corrected chi connectivity index (χ0v) is 21.5. The van der Waals surface area contributed by atoms with Gasteiger partial charge in [-0.1, -0.05) is 70.2 Å². The van der Waals surface area contributed by atoms with Crippen LogP contribution in [0.15, 0.2) is 29.2 Å². The van der Waals surface area contributed by atoms with Crippen LogP contribution in [-0.2, 0) is 12.4 Å². The first kappa shape index (κ1) is 29.1. The van der Waals surface area contributed by atoms with Crippen LogP contribution >= 0.6 is 11.8 Å². The van der Waals surface area contributed by atoms with Crippen LogP contribution in [0.3, 0.4) is 0 Å². The molecule has 37 heavy (non-hydrogen) atoms. The fourth-order valence-corrected chi connectivity index (χ4v) is 5.00. The lowest BCUT2D eigenvalue weighted by Gasteiger charge is -2.17. The van der Waals surface area contributed by atoms with Gasteiger partial charge in [-0.15, -0.1) is 11.8 Å². The number of rotatable bonds is 13. The van der Waals surface area contributed by atoms with E-state index in [2.05, 4.69) is 39.2 Å². The van der Waals surface area contributed by atoms with Gasteiger partial charge in [0.05, 0.1) is 11.4 Å². The monoisotopic (exact) mass is 545 g/mol. The van der Waals surface area contributed by atoms with Gasteiger partial charge in [0.2, 0.25) is 0 Å². The molecule has 1 unspecified atom stereocenters. The van der Waals surface area contributed by atoms with E-state index in [1.165, 1.54) is 24.6 Å². The molecule has 3 aromatic rings. The molecule has 0 aliphatic heterocycles. The first-order chi connectivity index (χ1) is 17.5. The lowest BCUT2D eigenvalue weighted by atomic mass is 9.93. The summed E-state index contributed by atoms with van der Waals surface area (Å²) in [5, 5.41) is 13.6. The van der Waals surface area contributed by atoms with Gasteiger partial charge in [0.1, 0.15) is 11.4 Å². The van der Waals surface area contributed by atoms with E-state index in [-0.39, 0.29) is 22.8 Å². The highest BCUT2D eigenvalue weighted by Crippen LogP contribution is 2.35. The van der Waals surface area contributed by atoms with Gasteiger partial charge in [-0.3, -0.25) is 4.98 Å². The van der Waals surface area contributed by atoms with Gasteiger partial charge in [0, 0.05) is 4.90 Å². The zero-order chi connectivity index (χ0) is 27.1. The molecule has 12 heteroatoms. The Hall–Kier alpha value is -2.50. The van der Waals surface area contributed by atoms with Gasteiger partial charge in [0.15, 0.2) is 0 Å². The predicted molar refractivity (Wildman–Crippen MR) is 130 cm³/mol. The molecular formula is C25H29F6N5S-2. The Morgan fingerprint density at radius 3 is 1.70 bits per heavy atom. The SMILES string of the molecule is CCCCCC(CCCC)CCSc1cc(-c2cc(C(F)(F)F)n[n-]2)nc(-c2cc(C(F)(F)F)n[n-]2)c1. The minimum Gasteiger partial charge on any atom is -0.573 e. The smallest absolute Gasteiger partial charge is 0.431 e. The maximum atomic E-state index is 13.0. The Labute approximate surface area is 216 Å². The van der Waals surface area contributed by atoms with Crippen molar-refractivity contribution in [1.82, 2.24) is 25.4 Å². The van der Waals surface area contributed by atoms with Gasteiger partial charge in [-0.2, -0.15) is 26.3 Å². The summed E-state index contributed by atoms with van der Waals surface area (Å²) in [6, 6.07) is 4.70. The van der Waals surface area contributed by atoms with Crippen LogP contribution < -0.4 is 10.2 Å². The maximum Gasteiger partial charge on any atom is 0.431 e. The van der Waals surface area contributed by atoms with E-state index >= 15 is 0 Å². The summed E-state index contributed by atoms with van der Waals surface area (Å²) in [6.45, 7) is 4.32. The van der Waals surface area contributed by atoms with E-state index in [0.29, 0.717) is 10.8 Å². The minimum absolute atomic E-state index is 0.0741. The molecule has 3 rings (SSSR count). The molecule has 0 N–H and O–H groups in total. The molecule has 204 valence electrons. The fraction of sp³-hybridized carbons (Fsp3) is 0.560. The number of nitrogens with zero attached hydrogens (tertiary/aromatic N) is 5. The van der Waals surface area contributed by atoms with Crippen LogP contribution in [0.4, 0.5) is 26.3 Å². The zero-order valence-electron chi connectivity index (χ0n) is 20.7. The lowest BCUT2D eigenvalue weighted by Crippen LogP contribution is -2.05. The molecule has 0 aromatic carbocycles. The van der Waals surface area contributed by atoms with Crippen LogP contribution in [-0.4, -0.2) is 20.9 Å². The number of pyridine rings is 1. The second kappa shape index (κ2) is 12.8. The van der Waals surface area contributed by atoms with Gasteiger partial charge in [-0.05, 0) is 42.4 Å².